The van der Waals surface area contributed by atoms with E-state index < -0.39 is 4.92 Å². The summed E-state index contributed by atoms with van der Waals surface area (Å²) < 4.78 is 1.86. The molecule has 1 atom stereocenters. The minimum atomic E-state index is -0.469. The van der Waals surface area contributed by atoms with Gasteiger partial charge in [-0.05, 0) is 30.9 Å². The third-order valence-electron chi connectivity index (χ3n) is 4.33. The predicted octanol–water partition coefficient (Wildman–Crippen LogP) is 2.60. The largest absolute Gasteiger partial charge is 0.394 e. The molecular weight excluding hydrogens is 332 g/mol. The summed E-state index contributed by atoms with van der Waals surface area (Å²) in [6.07, 6.45) is 4.85. The van der Waals surface area contributed by atoms with Gasteiger partial charge in [-0.1, -0.05) is 17.7 Å². The van der Waals surface area contributed by atoms with E-state index in [1.807, 2.05) is 10.9 Å². The average molecular weight is 351 g/mol. The van der Waals surface area contributed by atoms with Crippen LogP contribution in [0.5, 0.6) is 0 Å². The van der Waals surface area contributed by atoms with Crippen LogP contribution in [-0.2, 0) is 19.5 Å². The minimum Gasteiger partial charge on any atom is -0.394 e. The van der Waals surface area contributed by atoms with Gasteiger partial charge in [0.25, 0.3) is 5.69 Å². The van der Waals surface area contributed by atoms with Gasteiger partial charge in [0.05, 0.1) is 24.3 Å². The van der Waals surface area contributed by atoms with E-state index in [1.165, 1.54) is 6.07 Å². The molecule has 1 aromatic carbocycles. The lowest BCUT2D eigenvalue weighted by Gasteiger charge is -2.24. The van der Waals surface area contributed by atoms with Crippen LogP contribution in [-0.4, -0.2) is 26.4 Å². The number of nitrogens with zero attached hydrogens (tertiary/aromatic N) is 3. The lowest BCUT2D eigenvalue weighted by molar-refractivity contribution is -0.384. The number of aliphatic hydroxyl groups excluding tert-OH is 1. The zero-order valence-corrected chi connectivity index (χ0v) is 13.9. The first-order chi connectivity index (χ1) is 11.6. The van der Waals surface area contributed by atoms with E-state index in [1.54, 1.807) is 12.1 Å². The Morgan fingerprint density at radius 3 is 3.08 bits per heavy atom. The molecule has 2 aromatic rings. The van der Waals surface area contributed by atoms with Crippen molar-refractivity contribution in [2.24, 2.45) is 0 Å². The summed E-state index contributed by atoms with van der Waals surface area (Å²) in [5, 5.41) is 28.0. The maximum absolute atomic E-state index is 11.0. The van der Waals surface area contributed by atoms with Crippen LogP contribution in [0.3, 0.4) is 0 Å². The van der Waals surface area contributed by atoms with Gasteiger partial charge in [-0.15, -0.1) is 0 Å². The molecule has 0 radical (unpaired) electrons. The summed E-state index contributed by atoms with van der Waals surface area (Å²) in [5.74, 6) is 0. The van der Waals surface area contributed by atoms with E-state index in [9.17, 15) is 10.1 Å². The molecule has 1 aliphatic rings. The second-order valence-electron chi connectivity index (χ2n) is 5.86. The fourth-order valence-corrected chi connectivity index (χ4v) is 3.35. The zero-order valence-electron chi connectivity index (χ0n) is 13.1. The van der Waals surface area contributed by atoms with Gasteiger partial charge < -0.3 is 10.4 Å². The smallest absolute Gasteiger partial charge is 0.288 e. The Bertz CT molecular complexity index is 747. The molecule has 0 spiro atoms. The summed E-state index contributed by atoms with van der Waals surface area (Å²) in [5.41, 5.74) is 3.06. The first-order valence-electron chi connectivity index (χ1n) is 7.91. The van der Waals surface area contributed by atoms with Gasteiger partial charge in [0.15, 0.2) is 0 Å². The van der Waals surface area contributed by atoms with Crippen molar-refractivity contribution < 1.29 is 10.0 Å². The van der Waals surface area contributed by atoms with Gasteiger partial charge in [0.1, 0.15) is 5.02 Å². The maximum atomic E-state index is 11.0. The quantitative estimate of drug-likeness (QED) is 0.617. The van der Waals surface area contributed by atoms with Crippen molar-refractivity contribution in [1.29, 1.82) is 0 Å². The summed E-state index contributed by atoms with van der Waals surface area (Å²) >= 11 is 5.85. The number of aromatic nitrogens is 2. The molecule has 1 aliphatic carbocycles. The highest BCUT2D eigenvalue weighted by atomic mass is 35.5. The van der Waals surface area contributed by atoms with Crippen LogP contribution in [0.15, 0.2) is 24.4 Å². The standard InChI is InChI=1S/C16H19ClN4O3/c17-13-5-4-11(8-16(13)21(23)24)9-18-14-2-1-3-15-12(14)10-19-20(15)6-7-22/h4-5,8,10,14,18,22H,1-3,6-7,9H2/t14-/m0/s1. The second-order valence-corrected chi connectivity index (χ2v) is 6.27. The molecule has 0 aliphatic heterocycles. The van der Waals surface area contributed by atoms with Crippen molar-refractivity contribution in [3.63, 3.8) is 0 Å². The van der Waals surface area contributed by atoms with Crippen LogP contribution in [0.25, 0.3) is 0 Å². The number of benzene rings is 1. The van der Waals surface area contributed by atoms with Crippen molar-refractivity contribution in [1.82, 2.24) is 15.1 Å². The molecule has 0 saturated heterocycles. The van der Waals surface area contributed by atoms with Gasteiger partial charge in [-0.25, -0.2) is 0 Å². The molecule has 0 unspecified atom stereocenters. The van der Waals surface area contributed by atoms with Crippen molar-refractivity contribution in [3.05, 3.63) is 56.4 Å². The molecule has 3 rings (SSSR count). The summed E-state index contributed by atoms with van der Waals surface area (Å²) in [7, 11) is 0. The number of nitro groups is 1. The van der Waals surface area contributed by atoms with Crippen molar-refractivity contribution >= 4 is 17.3 Å². The fourth-order valence-electron chi connectivity index (χ4n) is 3.17. The highest BCUT2D eigenvalue weighted by Crippen LogP contribution is 2.30. The highest BCUT2D eigenvalue weighted by Gasteiger charge is 2.24. The summed E-state index contributed by atoms with van der Waals surface area (Å²) in [6, 6.07) is 5.02. The van der Waals surface area contributed by atoms with E-state index >= 15 is 0 Å². The number of fused-ring (bicyclic) bond motifs is 1. The number of nitro benzene ring substituents is 1. The Morgan fingerprint density at radius 1 is 1.50 bits per heavy atom. The fraction of sp³-hybridized carbons (Fsp3) is 0.438. The summed E-state index contributed by atoms with van der Waals surface area (Å²) in [4.78, 5) is 10.5. The highest BCUT2D eigenvalue weighted by molar-refractivity contribution is 6.32. The number of hydrogen-bond acceptors (Lipinski definition) is 5. The molecule has 128 valence electrons. The Morgan fingerprint density at radius 2 is 2.33 bits per heavy atom. The van der Waals surface area contributed by atoms with Gasteiger partial charge in [-0.3, -0.25) is 14.8 Å². The Kier molecular flexibility index (Phi) is 5.13. The third-order valence-corrected chi connectivity index (χ3v) is 4.65. The average Bonchev–Trinajstić information content (AvgIpc) is 2.98. The summed E-state index contributed by atoms with van der Waals surface area (Å²) in [6.45, 7) is 1.10. The van der Waals surface area contributed by atoms with Crippen molar-refractivity contribution in [2.45, 2.75) is 38.4 Å². The van der Waals surface area contributed by atoms with Crippen LogP contribution in [0, 0.1) is 10.1 Å². The van der Waals surface area contributed by atoms with Crippen LogP contribution in [0.2, 0.25) is 5.02 Å². The monoisotopic (exact) mass is 350 g/mol. The SMILES string of the molecule is O=[N+]([O-])c1cc(CN[C@H]2CCCc3c2cnn3CCO)ccc1Cl. The molecule has 1 heterocycles. The van der Waals surface area contributed by atoms with Gasteiger partial charge >= 0.3 is 0 Å². The maximum Gasteiger partial charge on any atom is 0.288 e. The van der Waals surface area contributed by atoms with E-state index in [4.69, 9.17) is 16.7 Å². The van der Waals surface area contributed by atoms with Crippen molar-refractivity contribution in [2.75, 3.05) is 6.61 Å². The van der Waals surface area contributed by atoms with E-state index in [2.05, 4.69) is 10.4 Å². The van der Waals surface area contributed by atoms with Crippen LogP contribution in [0.4, 0.5) is 5.69 Å². The van der Waals surface area contributed by atoms with Gasteiger partial charge in [0.2, 0.25) is 0 Å². The molecule has 24 heavy (non-hydrogen) atoms. The molecular formula is C16H19ClN4O3. The molecule has 0 saturated carbocycles. The normalized spacial score (nSPS) is 16.8. The van der Waals surface area contributed by atoms with Crippen LogP contribution >= 0.6 is 11.6 Å². The topological polar surface area (TPSA) is 93.2 Å². The number of hydrogen-bond donors (Lipinski definition) is 2. The predicted molar refractivity (Wildman–Crippen MR) is 89.9 cm³/mol. The number of halogens is 1. The van der Waals surface area contributed by atoms with Crippen molar-refractivity contribution in [3.8, 4) is 0 Å². The molecule has 0 bridgehead atoms. The molecule has 8 heteroatoms. The van der Waals surface area contributed by atoms with Gasteiger partial charge in [-0.2, -0.15) is 5.10 Å². The van der Waals surface area contributed by atoms with E-state index in [0.717, 1.165) is 36.1 Å². The Hall–Kier alpha value is -1.96. The number of aliphatic hydroxyl groups is 1. The molecule has 0 amide bonds. The molecule has 0 fully saturated rings. The van der Waals surface area contributed by atoms with E-state index in [0.29, 0.717) is 13.1 Å². The Labute approximate surface area is 144 Å². The lowest BCUT2D eigenvalue weighted by atomic mass is 9.93. The van der Waals surface area contributed by atoms with Gasteiger partial charge in [0, 0.05) is 29.9 Å². The Balaban J connectivity index is 1.72. The zero-order chi connectivity index (χ0) is 17.1. The lowest BCUT2D eigenvalue weighted by Crippen LogP contribution is -2.25. The molecule has 1 aromatic heterocycles. The minimum absolute atomic E-state index is 0.0701. The second kappa shape index (κ2) is 7.29. The molecule has 2 N–H and O–H groups in total. The first-order valence-corrected chi connectivity index (χ1v) is 8.29. The third kappa shape index (κ3) is 3.43. The molecule has 7 nitrogen and oxygen atoms in total. The van der Waals surface area contributed by atoms with Crippen LogP contribution in [0.1, 0.15) is 35.7 Å². The van der Waals surface area contributed by atoms with E-state index in [-0.39, 0.29) is 23.4 Å². The van der Waals surface area contributed by atoms with Crippen LogP contribution < -0.4 is 5.32 Å². The first kappa shape index (κ1) is 16.9. The number of rotatable bonds is 6. The number of nitrogens with one attached hydrogen (secondary N) is 1.